The number of aromatic nitrogens is 1. The van der Waals surface area contributed by atoms with E-state index in [1.807, 2.05) is 6.20 Å². The fraction of sp³-hybridized carbons (Fsp3) is 0.286. The topological polar surface area (TPSA) is 59.4 Å². The van der Waals surface area contributed by atoms with Crippen LogP contribution in [0.3, 0.4) is 0 Å². The van der Waals surface area contributed by atoms with Crippen molar-refractivity contribution in [1.82, 2.24) is 4.98 Å². The van der Waals surface area contributed by atoms with E-state index in [0.717, 1.165) is 10.6 Å². The molecule has 0 saturated heterocycles. The van der Waals surface area contributed by atoms with Crippen LogP contribution in [0.2, 0.25) is 0 Å². The highest BCUT2D eigenvalue weighted by Gasteiger charge is 2.12. The smallest absolute Gasteiger partial charge is 0.335 e. The van der Waals surface area contributed by atoms with Crippen LogP contribution in [-0.2, 0) is 0 Å². The second-order valence-corrected chi connectivity index (χ2v) is 5.54. The number of aromatic carboxylic acids is 1. The Morgan fingerprint density at radius 1 is 1.37 bits per heavy atom. The van der Waals surface area contributed by atoms with E-state index in [9.17, 15) is 4.79 Å². The van der Waals surface area contributed by atoms with Gasteiger partial charge in [0.15, 0.2) is 0 Å². The summed E-state index contributed by atoms with van der Waals surface area (Å²) < 4.78 is 5.13. The monoisotopic (exact) mass is 277 g/mol. The van der Waals surface area contributed by atoms with E-state index in [1.54, 1.807) is 23.5 Å². The van der Waals surface area contributed by atoms with Crippen molar-refractivity contribution < 1.29 is 14.6 Å². The number of benzene rings is 1. The Bertz CT molecular complexity index is 604. The summed E-state index contributed by atoms with van der Waals surface area (Å²) in [6.07, 6.45) is 1.84. The lowest BCUT2D eigenvalue weighted by Crippen LogP contribution is -1.97. The molecule has 2 rings (SSSR count). The maximum Gasteiger partial charge on any atom is 0.335 e. The maximum absolute atomic E-state index is 11.1. The van der Waals surface area contributed by atoms with Crippen LogP contribution in [0.25, 0.3) is 10.6 Å². The fourth-order valence-corrected chi connectivity index (χ4v) is 2.56. The van der Waals surface area contributed by atoms with Gasteiger partial charge < -0.3 is 9.84 Å². The van der Waals surface area contributed by atoms with Gasteiger partial charge in [-0.25, -0.2) is 9.78 Å². The van der Waals surface area contributed by atoms with Crippen LogP contribution in [0.1, 0.15) is 35.0 Å². The zero-order valence-electron chi connectivity index (χ0n) is 11.0. The normalized spacial score (nSPS) is 10.7. The predicted molar refractivity (Wildman–Crippen MR) is 75.2 cm³/mol. The molecule has 0 fully saturated rings. The molecule has 2 aromatic rings. The standard InChI is InChI=1S/C14H15NO3S/c1-8(2)12-7-15-13(19-12)9-4-10(14(16)17)6-11(5-9)18-3/h4-8H,1-3H3,(H,16,17). The van der Waals surface area contributed by atoms with Gasteiger partial charge in [-0.15, -0.1) is 11.3 Å². The van der Waals surface area contributed by atoms with Crippen LogP contribution in [0.4, 0.5) is 0 Å². The zero-order chi connectivity index (χ0) is 14.0. The molecule has 1 heterocycles. The van der Waals surface area contributed by atoms with Gasteiger partial charge >= 0.3 is 5.97 Å². The minimum Gasteiger partial charge on any atom is -0.497 e. The first kappa shape index (κ1) is 13.5. The van der Waals surface area contributed by atoms with Gasteiger partial charge in [0.1, 0.15) is 10.8 Å². The highest BCUT2D eigenvalue weighted by atomic mass is 32.1. The highest BCUT2D eigenvalue weighted by Crippen LogP contribution is 2.32. The van der Waals surface area contributed by atoms with Crippen LogP contribution >= 0.6 is 11.3 Å². The molecule has 1 N–H and O–H groups in total. The van der Waals surface area contributed by atoms with E-state index in [0.29, 0.717) is 11.7 Å². The van der Waals surface area contributed by atoms with Crippen LogP contribution in [0, 0.1) is 0 Å². The Balaban J connectivity index is 2.48. The first-order valence-corrected chi connectivity index (χ1v) is 6.71. The van der Waals surface area contributed by atoms with Gasteiger partial charge in [0.2, 0.25) is 0 Å². The fourth-order valence-electron chi connectivity index (χ4n) is 1.65. The van der Waals surface area contributed by atoms with Crippen LogP contribution < -0.4 is 4.74 Å². The number of hydrogen-bond donors (Lipinski definition) is 1. The van der Waals surface area contributed by atoms with Crippen LogP contribution in [0.5, 0.6) is 5.75 Å². The second kappa shape index (κ2) is 5.40. The number of carboxylic acids is 1. The van der Waals surface area contributed by atoms with Gasteiger partial charge in [-0.05, 0) is 24.1 Å². The van der Waals surface area contributed by atoms with Crippen molar-refractivity contribution >= 4 is 17.3 Å². The average molecular weight is 277 g/mol. The minimum absolute atomic E-state index is 0.204. The van der Waals surface area contributed by atoms with Gasteiger partial charge in [0.05, 0.1) is 12.7 Å². The van der Waals surface area contributed by atoms with Gasteiger partial charge in [0.25, 0.3) is 0 Å². The lowest BCUT2D eigenvalue weighted by Gasteiger charge is -2.05. The molecule has 0 radical (unpaired) electrons. The summed E-state index contributed by atoms with van der Waals surface area (Å²) in [5.74, 6) is -0.0345. The van der Waals surface area contributed by atoms with E-state index < -0.39 is 5.97 Å². The van der Waals surface area contributed by atoms with E-state index in [2.05, 4.69) is 18.8 Å². The Morgan fingerprint density at radius 3 is 2.63 bits per heavy atom. The average Bonchev–Trinajstić information content (AvgIpc) is 2.87. The molecule has 0 unspecified atom stereocenters. The first-order valence-electron chi connectivity index (χ1n) is 5.89. The number of thiazole rings is 1. The van der Waals surface area contributed by atoms with E-state index >= 15 is 0 Å². The molecule has 0 aliphatic carbocycles. The summed E-state index contributed by atoms with van der Waals surface area (Å²) in [6.45, 7) is 4.21. The summed E-state index contributed by atoms with van der Waals surface area (Å²) in [7, 11) is 1.52. The predicted octanol–water partition coefficient (Wildman–Crippen LogP) is 3.64. The molecule has 0 bridgehead atoms. The maximum atomic E-state index is 11.1. The molecule has 19 heavy (non-hydrogen) atoms. The summed E-state index contributed by atoms with van der Waals surface area (Å²) in [6, 6.07) is 4.92. The molecule has 0 atom stereocenters. The third-order valence-corrected chi connectivity index (χ3v) is 4.08. The van der Waals surface area contributed by atoms with Crippen LogP contribution in [-0.4, -0.2) is 23.2 Å². The number of hydrogen-bond acceptors (Lipinski definition) is 4. The molecular formula is C14H15NO3S. The third kappa shape index (κ3) is 2.93. The molecule has 0 spiro atoms. The molecule has 100 valence electrons. The molecule has 0 saturated carbocycles. The quantitative estimate of drug-likeness (QED) is 0.926. The van der Waals surface area contributed by atoms with Crippen molar-refractivity contribution in [2.45, 2.75) is 19.8 Å². The van der Waals surface area contributed by atoms with Crippen molar-refractivity contribution in [3.63, 3.8) is 0 Å². The SMILES string of the molecule is COc1cc(C(=O)O)cc(-c2ncc(C(C)C)s2)c1. The molecule has 0 aliphatic heterocycles. The van der Waals surface area contributed by atoms with E-state index in [1.165, 1.54) is 18.1 Å². The number of ether oxygens (including phenoxy) is 1. The van der Waals surface area contributed by atoms with Crippen molar-refractivity contribution in [1.29, 1.82) is 0 Å². The number of carboxylic acid groups (broad SMARTS) is 1. The van der Waals surface area contributed by atoms with Gasteiger partial charge in [0, 0.05) is 16.6 Å². The molecule has 0 aliphatic rings. The Kier molecular flexibility index (Phi) is 3.85. The molecule has 1 aromatic heterocycles. The summed E-state index contributed by atoms with van der Waals surface area (Å²) >= 11 is 1.57. The molecular weight excluding hydrogens is 262 g/mol. The van der Waals surface area contributed by atoms with E-state index in [-0.39, 0.29) is 5.56 Å². The Morgan fingerprint density at radius 2 is 2.11 bits per heavy atom. The molecule has 4 nitrogen and oxygen atoms in total. The first-order chi connectivity index (χ1) is 9.01. The van der Waals surface area contributed by atoms with Crippen LogP contribution in [0.15, 0.2) is 24.4 Å². The Hall–Kier alpha value is -1.88. The number of rotatable bonds is 4. The summed E-state index contributed by atoms with van der Waals surface area (Å²) in [5, 5.41) is 9.91. The molecule has 5 heteroatoms. The van der Waals surface area contributed by atoms with E-state index in [4.69, 9.17) is 9.84 Å². The summed E-state index contributed by atoms with van der Waals surface area (Å²) in [5.41, 5.74) is 0.976. The minimum atomic E-state index is -0.971. The number of carbonyl (C=O) groups is 1. The van der Waals surface area contributed by atoms with Crippen molar-refractivity contribution in [2.75, 3.05) is 7.11 Å². The molecule has 1 aromatic carbocycles. The lowest BCUT2D eigenvalue weighted by molar-refractivity contribution is 0.0696. The molecule has 0 amide bonds. The lowest BCUT2D eigenvalue weighted by atomic mass is 10.1. The van der Waals surface area contributed by atoms with Gasteiger partial charge in [-0.1, -0.05) is 13.8 Å². The third-order valence-electron chi connectivity index (χ3n) is 2.73. The van der Waals surface area contributed by atoms with Crippen molar-refractivity contribution in [2.24, 2.45) is 0 Å². The Labute approximate surface area is 115 Å². The number of methoxy groups -OCH3 is 1. The van der Waals surface area contributed by atoms with Crippen molar-refractivity contribution in [3.8, 4) is 16.3 Å². The number of nitrogens with zero attached hydrogens (tertiary/aromatic N) is 1. The van der Waals surface area contributed by atoms with Gasteiger partial charge in [-0.3, -0.25) is 0 Å². The largest absolute Gasteiger partial charge is 0.497 e. The second-order valence-electron chi connectivity index (χ2n) is 4.48. The zero-order valence-corrected chi connectivity index (χ0v) is 11.8. The van der Waals surface area contributed by atoms with Gasteiger partial charge in [-0.2, -0.15) is 0 Å². The summed E-state index contributed by atoms with van der Waals surface area (Å²) in [4.78, 5) is 16.6. The van der Waals surface area contributed by atoms with Crippen molar-refractivity contribution in [3.05, 3.63) is 34.8 Å². The highest BCUT2D eigenvalue weighted by molar-refractivity contribution is 7.15.